The minimum Gasteiger partial charge on any atom is -0.447 e. The molecule has 3 rings (SSSR count). The first-order valence-corrected chi connectivity index (χ1v) is 7.27. The van der Waals surface area contributed by atoms with E-state index >= 15 is 0 Å². The summed E-state index contributed by atoms with van der Waals surface area (Å²) in [7, 11) is 0. The first-order valence-electron chi connectivity index (χ1n) is 6.53. The Kier molecular flexibility index (Phi) is 4.28. The number of carbonyl (C=O) groups is 1. The molecule has 1 aliphatic rings. The van der Waals surface area contributed by atoms with Gasteiger partial charge in [0.2, 0.25) is 0 Å². The monoisotopic (exact) mass is 302 g/mol. The fraction of sp³-hybridized carbons (Fsp3) is 0.133. The zero-order valence-electron chi connectivity index (χ0n) is 11.2. The van der Waals surface area contributed by atoms with Crippen LogP contribution in [0.4, 0.5) is 16.2 Å². The maximum absolute atomic E-state index is 11.6. The van der Waals surface area contributed by atoms with Gasteiger partial charge in [-0.1, -0.05) is 30.3 Å². The van der Waals surface area contributed by atoms with Gasteiger partial charge in [-0.3, -0.25) is 5.32 Å². The number of ether oxygens (including phenoxy) is 1. The highest BCUT2D eigenvalue weighted by molar-refractivity contribution is 7.95. The Hall–Kier alpha value is -2.18. The number of amides is 1. The van der Waals surface area contributed by atoms with Crippen LogP contribution in [0.2, 0.25) is 0 Å². The van der Waals surface area contributed by atoms with Crippen LogP contribution in [0.5, 0.6) is 0 Å². The Morgan fingerprint density at radius 1 is 1.14 bits per heavy atom. The van der Waals surface area contributed by atoms with Crippen LogP contribution in [0.15, 0.2) is 59.5 Å². The average Bonchev–Trinajstić information content (AvgIpc) is 2.92. The van der Waals surface area contributed by atoms with E-state index in [9.17, 15) is 4.79 Å². The van der Waals surface area contributed by atoms with Crippen molar-refractivity contribution < 1.29 is 13.8 Å². The fourth-order valence-corrected chi connectivity index (χ4v) is 2.63. The van der Waals surface area contributed by atoms with E-state index in [0.29, 0.717) is 12.2 Å². The third-order valence-corrected chi connectivity index (χ3v) is 3.68. The molecule has 1 amide bonds. The summed E-state index contributed by atoms with van der Waals surface area (Å²) in [6, 6.07) is 17.1. The van der Waals surface area contributed by atoms with E-state index in [1.54, 1.807) is 17.2 Å². The van der Waals surface area contributed by atoms with Crippen molar-refractivity contribution in [3.05, 3.63) is 54.6 Å². The Morgan fingerprint density at radius 2 is 1.90 bits per heavy atom. The molecular weight excluding hydrogens is 288 g/mol. The zero-order chi connectivity index (χ0) is 14.5. The van der Waals surface area contributed by atoms with Crippen LogP contribution < -0.4 is 10.4 Å². The molecule has 0 saturated carbocycles. The largest absolute Gasteiger partial charge is 0.447 e. The highest BCUT2D eigenvalue weighted by Gasteiger charge is 2.21. The van der Waals surface area contributed by atoms with Crippen molar-refractivity contribution in [2.24, 2.45) is 0 Å². The smallest absolute Gasteiger partial charge is 0.411 e. The second-order valence-corrected chi connectivity index (χ2v) is 5.11. The Balaban J connectivity index is 1.46. The van der Waals surface area contributed by atoms with E-state index in [0.717, 1.165) is 10.6 Å². The van der Waals surface area contributed by atoms with E-state index < -0.39 is 6.09 Å². The van der Waals surface area contributed by atoms with Gasteiger partial charge in [0.05, 0.1) is 29.2 Å². The normalized spacial score (nSPS) is 12.9. The van der Waals surface area contributed by atoms with Crippen LogP contribution in [-0.2, 0) is 9.02 Å². The van der Waals surface area contributed by atoms with Gasteiger partial charge >= 0.3 is 6.09 Å². The van der Waals surface area contributed by atoms with Gasteiger partial charge in [-0.15, -0.1) is 0 Å². The molecule has 6 heteroatoms. The molecule has 0 aliphatic carbocycles. The topological polar surface area (TPSA) is 50.8 Å². The van der Waals surface area contributed by atoms with Crippen molar-refractivity contribution in [3.8, 4) is 0 Å². The molecule has 5 nitrogen and oxygen atoms in total. The summed E-state index contributed by atoms with van der Waals surface area (Å²) in [6.45, 7) is 0.722. The first-order chi connectivity index (χ1) is 10.3. The number of anilines is 2. The highest BCUT2D eigenvalue weighted by atomic mass is 32.2. The van der Waals surface area contributed by atoms with E-state index in [-0.39, 0.29) is 6.61 Å². The molecule has 108 valence electrons. The van der Waals surface area contributed by atoms with E-state index in [1.807, 2.05) is 42.5 Å². The van der Waals surface area contributed by atoms with E-state index in [2.05, 4.69) is 5.32 Å². The van der Waals surface area contributed by atoms with Gasteiger partial charge in [-0.25, -0.2) is 9.86 Å². The van der Waals surface area contributed by atoms with Crippen LogP contribution in [0.3, 0.4) is 0 Å². The predicted octanol–water partition coefficient (Wildman–Crippen LogP) is 3.69. The van der Waals surface area contributed by atoms with Gasteiger partial charge in [-0.2, -0.15) is 4.28 Å². The van der Waals surface area contributed by atoms with Crippen molar-refractivity contribution in [1.29, 1.82) is 0 Å². The molecule has 2 aromatic carbocycles. The molecule has 0 atom stereocenters. The molecule has 21 heavy (non-hydrogen) atoms. The van der Waals surface area contributed by atoms with E-state index in [1.165, 1.54) is 12.0 Å². The summed E-state index contributed by atoms with van der Waals surface area (Å²) < 4.78 is 10.6. The van der Waals surface area contributed by atoms with Gasteiger partial charge in [-0.05, 0) is 24.3 Å². The lowest BCUT2D eigenvalue weighted by molar-refractivity contribution is 0.157. The Morgan fingerprint density at radius 3 is 2.76 bits per heavy atom. The molecule has 0 unspecified atom stereocenters. The van der Waals surface area contributed by atoms with Crippen molar-refractivity contribution in [2.75, 3.05) is 23.5 Å². The van der Waals surface area contributed by atoms with Crippen molar-refractivity contribution in [3.63, 3.8) is 0 Å². The summed E-state index contributed by atoms with van der Waals surface area (Å²) in [5.41, 5.74) is 1.70. The number of carbonyl (C=O) groups excluding carboxylic acids is 1. The number of hydrogen-bond acceptors (Lipinski definition) is 5. The van der Waals surface area contributed by atoms with Crippen molar-refractivity contribution in [2.45, 2.75) is 4.90 Å². The number of hydrogen-bond donors (Lipinski definition) is 1. The first kappa shape index (κ1) is 13.8. The Bertz CT molecular complexity index is 621. The van der Waals surface area contributed by atoms with Crippen LogP contribution >= 0.6 is 12.0 Å². The number of hydroxylamine groups is 1. The number of fused-ring (bicyclic) bond motifs is 1. The molecule has 1 aliphatic heterocycles. The zero-order valence-corrected chi connectivity index (χ0v) is 12.0. The number of nitrogens with zero attached hydrogens (tertiary/aromatic N) is 1. The van der Waals surface area contributed by atoms with Crippen molar-refractivity contribution >= 4 is 29.5 Å². The maximum atomic E-state index is 11.6. The van der Waals surface area contributed by atoms with E-state index in [4.69, 9.17) is 9.02 Å². The standard InChI is InChI=1S/C15H14N2O3S/c18-15(16-12-6-2-1-3-7-12)19-11-10-17-13-8-4-5-9-14(13)21-20-17/h1-9H,10-11H2,(H,16,18). The Labute approximate surface area is 127 Å². The fourth-order valence-electron chi connectivity index (χ4n) is 1.91. The number of nitrogens with one attached hydrogen (secondary N) is 1. The number of rotatable bonds is 4. The quantitative estimate of drug-likeness (QED) is 0.873. The van der Waals surface area contributed by atoms with Gasteiger partial charge in [0.25, 0.3) is 0 Å². The summed E-state index contributed by atoms with van der Waals surface area (Å²) in [5, 5.41) is 4.38. The highest BCUT2D eigenvalue weighted by Crippen LogP contribution is 2.38. The van der Waals surface area contributed by atoms with Gasteiger partial charge in [0, 0.05) is 5.69 Å². The molecule has 0 saturated heterocycles. The number of para-hydroxylation sites is 2. The molecule has 0 bridgehead atoms. The second kappa shape index (κ2) is 6.51. The van der Waals surface area contributed by atoms with Gasteiger partial charge < -0.3 is 4.74 Å². The summed E-state index contributed by atoms with van der Waals surface area (Å²) >= 11 is 1.31. The number of benzene rings is 2. The minimum absolute atomic E-state index is 0.244. The molecular formula is C15H14N2O3S. The molecule has 1 heterocycles. The lowest BCUT2D eigenvalue weighted by Crippen LogP contribution is -2.25. The van der Waals surface area contributed by atoms with Crippen LogP contribution in [-0.4, -0.2) is 19.2 Å². The summed E-state index contributed by atoms with van der Waals surface area (Å²) in [6.07, 6.45) is -0.471. The lowest BCUT2D eigenvalue weighted by atomic mass is 10.3. The molecule has 0 spiro atoms. The van der Waals surface area contributed by atoms with Crippen LogP contribution in [0, 0.1) is 0 Å². The predicted molar refractivity (Wildman–Crippen MR) is 82.1 cm³/mol. The van der Waals surface area contributed by atoms with Crippen LogP contribution in [0.1, 0.15) is 0 Å². The average molecular weight is 302 g/mol. The third-order valence-electron chi connectivity index (χ3n) is 2.90. The van der Waals surface area contributed by atoms with Gasteiger partial charge in [0.1, 0.15) is 6.61 Å². The van der Waals surface area contributed by atoms with Crippen molar-refractivity contribution in [1.82, 2.24) is 0 Å². The maximum Gasteiger partial charge on any atom is 0.411 e. The minimum atomic E-state index is -0.471. The molecule has 2 aromatic rings. The molecule has 0 radical (unpaired) electrons. The molecule has 0 aromatic heterocycles. The molecule has 0 fully saturated rings. The third kappa shape index (κ3) is 3.48. The summed E-state index contributed by atoms with van der Waals surface area (Å²) in [4.78, 5) is 12.7. The lowest BCUT2D eigenvalue weighted by Gasteiger charge is -2.15. The summed E-state index contributed by atoms with van der Waals surface area (Å²) in [5.74, 6) is 0. The molecule has 1 N–H and O–H groups in total. The SMILES string of the molecule is O=C(Nc1ccccc1)OCCN1OSc2ccccc21. The van der Waals surface area contributed by atoms with Crippen LogP contribution in [0.25, 0.3) is 0 Å². The van der Waals surface area contributed by atoms with Gasteiger partial charge in [0.15, 0.2) is 0 Å². The second-order valence-electron chi connectivity index (χ2n) is 4.35.